The fourth-order valence-electron chi connectivity index (χ4n) is 6.24. The van der Waals surface area contributed by atoms with Crippen LogP contribution in [-0.2, 0) is 6.42 Å². The molecule has 2 aromatic heterocycles. The van der Waals surface area contributed by atoms with E-state index in [9.17, 15) is 0 Å². The Morgan fingerprint density at radius 2 is 1.54 bits per heavy atom. The second kappa shape index (κ2) is 10.6. The van der Waals surface area contributed by atoms with E-state index < -0.39 is 0 Å². The van der Waals surface area contributed by atoms with Crippen molar-refractivity contribution < 1.29 is 0 Å². The monoisotopic (exact) mass is 494 g/mol. The molecular formula is C31H38N6. The molecule has 3 heterocycles. The molecule has 0 bridgehead atoms. The molecule has 2 N–H and O–H groups in total. The van der Waals surface area contributed by atoms with Crippen LogP contribution < -0.4 is 5.73 Å². The minimum Gasteiger partial charge on any atom is -0.383 e. The lowest BCUT2D eigenvalue weighted by Gasteiger charge is -2.37. The highest BCUT2D eigenvalue weighted by molar-refractivity contribution is 6.00. The fourth-order valence-corrected chi connectivity index (χ4v) is 6.24. The number of aromatic nitrogens is 3. The van der Waals surface area contributed by atoms with Gasteiger partial charge in [-0.1, -0.05) is 54.6 Å². The summed E-state index contributed by atoms with van der Waals surface area (Å²) in [7, 11) is 2.23. The molecule has 2 aliphatic rings. The number of anilines is 1. The zero-order chi connectivity index (χ0) is 25.2. The van der Waals surface area contributed by atoms with Crippen molar-refractivity contribution in [2.75, 3.05) is 45.5 Å². The molecule has 1 aliphatic heterocycles. The molecule has 6 nitrogen and oxygen atoms in total. The smallest absolute Gasteiger partial charge is 0.146 e. The molecule has 0 amide bonds. The number of nitrogens with two attached hydrogens (primary N) is 1. The quantitative estimate of drug-likeness (QED) is 0.397. The lowest BCUT2D eigenvalue weighted by atomic mass is 9.85. The Kier molecular flexibility index (Phi) is 6.94. The van der Waals surface area contributed by atoms with Crippen LogP contribution in [0.1, 0.15) is 42.9 Å². The van der Waals surface area contributed by atoms with Crippen molar-refractivity contribution in [3.05, 3.63) is 78.2 Å². The molecule has 1 aliphatic carbocycles. The van der Waals surface area contributed by atoms with Gasteiger partial charge in [-0.2, -0.15) is 0 Å². The van der Waals surface area contributed by atoms with Gasteiger partial charge in [0.15, 0.2) is 0 Å². The highest BCUT2D eigenvalue weighted by atomic mass is 15.2. The number of hydrogen-bond donors (Lipinski definition) is 1. The van der Waals surface area contributed by atoms with Gasteiger partial charge in [-0.05, 0) is 61.8 Å². The first-order chi connectivity index (χ1) is 18.1. The summed E-state index contributed by atoms with van der Waals surface area (Å²) in [6, 6.07) is 20.0. The zero-order valence-electron chi connectivity index (χ0n) is 21.9. The van der Waals surface area contributed by atoms with E-state index in [0.29, 0.717) is 11.9 Å². The number of fused-ring (bicyclic) bond motifs is 1. The van der Waals surface area contributed by atoms with Crippen LogP contribution in [0, 0.1) is 5.92 Å². The molecule has 0 spiro atoms. The number of nitrogens with zero attached hydrogens (tertiary/aromatic N) is 5. The van der Waals surface area contributed by atoms with E-state index in [2.05, 4.69) is 87.2 Å². The summed E-state index contributed by atoms with van der Waals surface area (Å²) >= 11 is 0. The molecule has 0 unspecified atom stereocenters. The summed E-state index contributed by atoms with van der Waals surface area (Å²) in [4.78, 5) is 14.2. The van der Waals surface area contributed by atoms with Gasteiger partial charge in [0.05, 0.1) is 5.39 Å². The molecule has 2 fully saturated rings. The highest BCUT2D eigenvalue weighted by Crippen LogP contribution is 2.39. The molecule has 1 saturated heterocycles. The predicted octanol–water partition coefficient (Wildman–Crippen LogP) is 5.25. The number of hydrogen-bond acceptors (Lipinski definition) is 5. The van der Waals surface area contributed by atoms with Gasteiger partial charge in [-0.3, -0.25) is 0 Å². The van der Waals surface area contributed by atoms with E-state index in [1.807, 2.05) is 0 Å². The van der Waals surface area contributed by atoms with E-state index in [4.69, 9.17) is 10.7 Å². The Balaban J connectivity index is 1.20. The Hall–Kier alpha value is -3.22. The van der Waals surface area contributed by atoms with E-state index in [1.165, 1.54) is 75.1 Å². The van der Waals surface area contributed by atoms with Gasteiger partial charge < -0.3 is 20.1 Å². The average Bonchev–Trinajstić information content (AvgIpc) is 3.32. The van der Waals surface area contributed by atoms with Gasteiger partial charge in [0, 0.05) is 50.5 Å². The van der Waals surface area contributed by atoms with E-state index in [1.54, 1.807) is 6.33 Å². The van der Waals surface area contributed by atoms with Gasteiger partial charge >= 0.3 is 0 Å². The second-order valence-electron chi connectivity index (χ2n) is 11.0. The number of likely N-dealkylation sites (N-methyl/N-ethyl adjacent to an activating group) is 1. The van der Waals surface area contributed by atoms with Crippen LogP contribution in [0.25, 0.3) is 22.2 Å². The maximum atomic E-state index is 6.43. The van der Waals surface area contributed by atoms with Gasteiger partial charge in [-0.25, -0.2) is 9.97 Å². The third-order valence-electron chi connectivity index (χ3n) is 8.48. The Morgan fingerprint density at radius 1 is 0.838 bits per heavy atom. The second-order valence-corrected chi connectivity index (χ2v) is 11.0. The summed E-state index contributed by atoms with van der Waals surface area (Å²) < 4.78 is 2.40. The van der Waals surface area contributed by atoms with E-state index in [0.717, 1.165) is 28.9 Å². The van der Waals surface area contributed by atoms with Crippen LogP contribution in [0.4, 0.5) is 5.82 Å². The Morgan fingerprint density at radius 3 is 2.27 bits per heavy atom. The molecule has 6 heteroatoms. The third kappa shape index (κ3) is 5.27. The van der Waals surface area contributed by atoms with Crippen molar-refractivity contribution in [1.29, 1.82) is 0 Å². The maximum absolute atomic E-state index is 6.43. The molecule has 2 aromatic carbocycles. The Bertz CT molecular complexity index is 1310. The predicted molar refractivity (Wildman–Crippen MR) is 152 cm³/mol. The number of benzene rings is 2. The average molecular weight is 495 g/mol. The highest BCUT2D eigenvalue weighted by Gasteiger charge is 2.27. The van der Waals surface area contributed by atoms with Crippen LogP contribution in [0.2, 0.25) is 0 Å². The van der Waals surface area contributed by atoms with Crippen molar-refractivity contribution >= 4 is 16.9 Å². The standard InChI is InChI=1S/C31H38N6/c1-35-15-17-36(18-16-35)20-25-9-13-27(14-10-25)37-21-28(29-30(32)33-22-34-31(29)37)26-11-7-24(8-12-26)19-23-5-3-2-4-6-23/h2-8,11-12,21-22,25,27H,9-10,13-20H2,1H3,(H2,32,33,34). The maximum Gasteiger partial charge on any atom is 0.146 e. The summed E-state index contributed by atoms with van der Waals surface area (Å²) in [6.45, 7) is 6.07. The molecular weight excluding hydrogens is 456 g/mol. The molecule has 0 radical (unpaired) electrons. The fraction of sp³-hybridized carbons (Fsp3) is 0.419. The summed E-state index contributed by atoms with van der Waals surface area (Å²) in [5, 5.41) is 0.984. The van der Waals surface area contributed by atoms with Gasteiger partial charge in [0.2, 0.25) is 0 Å². The zero-order valence-corrected chi connectivity index (χ0v) is 21.9. The van der Waals surface area contributed by atoms with Crippen molar-refractivity contribution in [3.63, 3.8) is 0 Å². The normalized spacial score (nSPS) is 21.4. The lowest BCUT2D eigenvalue weighted by molar-refractivity contribution is 0.120. The van der Waals surface area contributed by atoms with Crippen LogP contribution >= 0.6 is 0 Å². The van der Waals surface area contributed by atoms with Crippen LogP contribution in [-0.4, -0.2) is 64.1 Å². The van der Waals surface area contributed by atoms with Gasteiger partial charge in [-0.15, -0.1) is 0 Å². The lowest BCUT2D eigenvalue weighted by Crippen LogP contribution is -2.46. The Labute approximate surface area is 220 Å². The number of rotatable bonds is 6. The largest absolute Gasteiger partial charge is 0.383 e. The minimum absolute atomic E-state index is 0.464. The summed E-state index contributed by atoms with van der Waals surface area (Å²) in [5.41, 5.74) is 12.3. The number of nitrogen functional groups attached to an aromatic ring is 1. The molecule has 1 saturated carbocycles. The van der Waals surface area contributed by atoms with Crippen LogP contribution in [0.3, 0.4) is 0 Å². The molecule has 4 aromatic rings. The summed E-state index contributed by atoms with van der Waals surface area (Å²) in [6.07, 6.45) is 9.78. The van der Waals surface area contributed by atoms with Crippen molar-refractivity contribution in [2.24, 2.45) is 5.92 Å². The third-order valence-corrected chi connectivity index (χ3v) is 8.48. The van der Waals surface area contributed by atoms with E-state index >= 15 is 0 Å². The van der Waals surface area contributed by atoms with E-state index in [-0.39, 0.29) is 0 Å². The number of piperazine rings is 1. The molecule has 0 atom stereocenters. The minimum atomic E-state index is 0.464. The topological polar surface area (TPSA) is 63.2 Å². The molecule has 6 rings (SSSR count). The van der Waals surface area contributed by atoms with Crippen molar-refractivity contribution in [1.82, 2.24) is 24.3 Å². The molecule has 192 valence electrons. The molecule has 37 heavy (non-hydrogen) atoms. The SMILES string of the molecule is CN1CCN(CC2CCC(n3cc(-c4ccc(Cc5ccccc5)cc4)c4c(N)ncnc43)CC2)CC1. The van der Waals surface area contributed by atoms with Gasteiger partial charge in [0.25, 0.3) is 0 Å². The first kappa shape index (κ1) is 24.1. The first-order valence-corrected chi connectivity index (χ1v) is 13.8. The first-order valence-electron chi connectivity index (χ1n) is 13.8. The van der Waals surface area contributed by atoms with Crippen molar-refractivity contribution in [3.8, 4) is 11.1 Å². The van der Waals surface area contributed by atoms with Crippen molar-refractivity contribution in [2.45, 2.75) is 38.1 Å². The van der Waals surface area contributed by atoms with Gasteiger partial charge in [0.1, 0.15) is 17.8 Å². The van der Waals surface area contributed by atoms with Crippen LogP contribution in [0.5, 0.6) is 0 Å². The summed E-state index contributed by atoms with van der Waals surface area (Å²) in [5.74, 6) is 1.37. The van der Waals surface area contributed by atoms with Crippen LogP contribution in [0.15, 0.2) is 67.1 Å².